The number of hydrogen-bond acceptors (Lipinski definition) is 4. The monoisotopic (exact) mass is 329 g/mol. The van der Waals surface area contributed by atoms with Gasteiger partial charge in [0.1, 0.15) is 5.75 Å². The van der Waals surface area contributed by atoms with E-state index in [0.29, 0.717) is 18.1 Å². The Balaban J connectivity index is 1.38. The molecule has 0 spiro atoms. The maximum absolute atomic E-state index is 12.4. The molecule has 0 aromatic heterocycles. The number of ether oxygens (including phenoxy) is 1. The summed E-state index contributed by atoms with van der Waals surface area (Å²) in [6.45, 7) is 2.78. The minimum Gasteiger partial charge on any atom is -0.497 e. The van der Waals surface area contributed by atoms with Crippen molar-refractivity contribution in [2.45, 2.75) is 50.4 Å². The highest BCUT2D eigenvalue weighted by Crippen LogP contribution is 2.39. The molecule has 3 aliphatic rings. The molecule has 0 saturated carbocycles. The van der Waals surface area contributed by atoms with Gasteiger partial charge in [-0.15, -0.1) is 0 Å². The third-order valence-electron chi connectivity index (χ3n) is 5.96. The van der Waals surface area contributed by atoms with Crippen molar-refractivity contribution in [3.8, 4) is 5.75 Å². The predicted octanol–water partition coefficient (Wildman–Crippen LogP) is 1.53. The first-order valence-corrected chi connectivity index (χ1v) is 9.14. The Bertz CT molecular complexity index is 583. The molecule has 3 aliphatic heterocycles. The molecule has 1 aromatic rings. The Labute approximate surface area is 143 Å². The summed E-state index contributed by atoms with van der Waals surface area (Å²) in [4.78, 5) is 15.0. The zero-order valence-corrected chi connectivity index (χ0v) is 14.3. The average Bonchev–Trinajstić information content (AvgIpc) is 3.32. The number of fused-ring (bicyclic) bond motifs is 2. The Morgan fingerprint density at radius 2 is 2.12 bits per heavy atom. The van der Waals surface area contributed by atoms with Gasteiger partial charge < -0.3 is 15.4 Å². The van der Waals surface area contributed by atoms with E-state index in [1.165, 1.54) is 18.4 Å². The highest BCUT2D eigenvalue weighted by atomic mass is 16.5. The average molecular weight is 329 g/mol. The lowest BCUT2D eigenvalue weighted by molar-refractivity contribution is -0.125. The highest BCUT2D eigenvalue weighted by Gasteiger charge is 2.46. The maximum Gasteiger partial charge on any atom is 0.224 e. The van der Waals surface area contributed by atoms with E-state index in [0.717, 1.165) is 38.2 Å². The molecule has 5 nitrogen and oxygen atoms in total. The molecule has 24 heavy (non-hydrogen) atoms. The summed E-state index contributed by atoms with van der Waals surface area (Å²) in [6, 6.07) is 9.79. The fourth-order valence-corrected chi connectivity index (χ4v) is 4.62. The standard InChI is InChI=1S/C19H27N3O2/c1-24-16-5-2-13(3-6-16)12-22-15-4-7-18(22)17(10-15)21-19(23)14-8-9-20-11-14/h2-3,5-6,14-15,17-18,20H,4,7-12H2,1H3,(H,21,23)/t14-,15-,17+,18+/m0/s1. The molecule has 0 aliphatic carbocycles. The van der Waals surface area contributed by atoms with Crippen LogP contribution in [0, 0.1) is 5.92 Å². The molecular formula is C19H27N3O2. The summed E-state index contributed by atoms with van der Waals surface area (Å²) in [5.41, 5.74) is 1.32. The third-order valence-corrected chi connectivity index (χ3v) is 5.96. The van der Waals surface area contributed by atoms with Crippen molar-refractivity contribution in [1.29, 1.82) is 0 Å². The van der Waals surface area contributed by atoms with E-state index >= 15 is 0 Å². The van der Waals surface area contributed by atoms with Crippen LogP contribution < -0.4 is 15.4 Å². The van der Waals surface area contributed by atoms with Crippen molar-refractivity contribution in [3.63, 3.8) is 0 Å². The lowest BCUT2D eigenvalue weighted by Crippen LogP contribution is -2.46. The topological polar surface area (TPSA) is 53.6 Å². The van der Waals surface area contributed by atoms with Gasteiger partial charge in [0.05, 0.1) is 13.0 Å². The molecule has 4 atom stereocenters. The van der Waals surface area contributed by atoms with Crippen molar-refractivity contribution in [2.24, 2.45) is 5.92 Å². The molecular weight excluding hydrogens is 302 g/mol. The Morgan fingerprint density at radius 1 is 1.29 bits per heavy atom. The Hall–Kier alpha value is -1.59. The van der Waals surface area contributed by atoms with Crippen molar-refractivity contribution in [1.82, 2.24) is 15.5 Å². The van der Waals surface area contributed by atoms with E-state index in [9.17, 15) is 4.79 Å². The summed E-state index contributed by atoms with van der Waals surface area (Å²) in [6.07, 6.45) is 4.54. The fourth-order valence-electron chi connectivity index (χ4n) is 4.62. The van der Waals surface area contributed by atoms with E-state index in [4.69, 9.17) is 4.74 Å². The van der Waals surface area contributed by atoms with E-state index in [1.807, 2.05) is 12.1 Å². The van der Waals surface area contributed by atoms with E-state index < -0.39 is 0 Å². The molecule has 4 rings (SSSR count). The molecule has 1 aromatic carbocycles. The van der Waals surface area contributed by atoms with Gasteiger partial charge in [0.2, 0.25) is 5.91 Å². The zero-order valence-electron chi connectivity index (χ0n) is 14.3. The van der Waals surface area contributed by atoms with Crippen LogP contribution in [0.25, 0.3) is 0 Å². The van der Waals surface area contributed by atoms with Gasteiger partial charge in [-0.25, -0.2) is 0 Å². The number of hydrogen-bond donors (Lipinski definition) is 2. The first-order valence-electron chi connectivity index (χ1n) is 9.14. The van der Waals surface area contributed by atoms with Gasteiger partial charge in [-0.1, -0.05) is 12.1 Å². The molecule has 1 amide bonds. The molecule has 3 fully saturated rings. The van der Waals surface area contributed by atoms with Crippen LogP contribution in [0.1, 0.15) is 31.2 Å². The van der Waals surface area contributed by atoms with Gasteiger partial charge in [-0.3, -0.25) is 9.69 Å². The molecule has 5 heteroatoms. The van der Waals surface area contributed by atoms with Crippen LogP contribution in [0.4, 0.5) is 0 Å². The molecule has 2 N–H and O–H groups in total. The smallest absolute Gasteiger partial charge is 0.224 e. The van der Waals surface area contributed by atoms with Crippen molar-refractivity contribution < 1.29 is 9.53 Å². The van der Waals surface area contributed by atoms with Gasteiger partial charge >= 0.3 is 0 Å². The predicted molar refractivity (Wildman–Crippen MR) is 92.9 cm³/mol. The SMILES string of the molecule is COc1ccc(CN2[C@H]3CC[C@@H]2[C@H](NC(=O)[C@H]2CCNC2)C3)cc1. The van der Waals surface area contributed by atoms with Gasteiger partial charge in [0.25, 0.3) is 0 Å². The van der Waals surface area contributed by atoms with Crippen LogP contribution in [-0.4, -0.2) is 49.1 Å². The van der Waals surface area contributed by atoms with E-state index in [1.54, 1.807) is 7.11 Å². The second-order valence-corrected chi connectivity index (χ2v) is 7.36. The number of nitrogens with zero attached hydrogens (tertiary/aromatic N) is 1. The van der Waals surface area contributed by atoms with E-state index in [2.05, 4.69) is 27.7 Å². The molecule has 2 bridgehead atoms. The number of rotatable bonds is 5. The Morgan fingerprint density at radius 3 is 2.83 bits per heavy atom. The van der Waals surface area contributed by atoms with Crippen LogP contribution in [0.3, 0.4) is 0 Å². The van der Waals surface area contributed by atoms with Crippen LogP contribution >= 0.6 is 0 Å². The van der Waals surface area contributed by atoms with Crippen LogP contribution in [-0.2, 0) is 11.3 Å². The molecule has 3 heterocycles. The Kier molecular flexibility index (Phi) is 4.46. The summed E-state index contributed by atoms with van der Waals surface area (Å²) >= 11 is 0. The molecule has 3 saturated heterocycles. The van der Waals surface area contributed by atoms with Crippen LogP contribution in [0.15, 0.2) is 24.3 Å². The number of methoxy groups -OCH3 is 1. The summed E-state index contributed by atoms with van der Waals surface area (Å²) in [7, 11) is 1.70. The molecule has 130 valence electrons. The summed E-state index contributed by atoms with van der Waals surface area (Å²) in [5, 5.41) is 6.63. The van der Waals surface area contributed by atoms with Gasteiger partial charge in [-0.2, -0.15) is 0 Å². The van der Waals surface area contributed by atoms with Gasteiger partial charge in [0, 0.05) is 31.2 Å². The second kappa shape index (κ2) is 6.73. The van der Waals surface area contributed by atoms with Crippen molar-refractivity contribution in [2.75, 3.05) is 20.2 Å². The quantitative estimate of drug-likeness (QED) is 0.860. The van der Waals surface area contributed by atoms with Crippen LogP contribution in [0.2, 0.25) is 0 Å². The second-order valence-electron chi connectivity index (χ2n) is 7.36. The number of carbonyl (C=O) groups is 1. The normalized spacial score (nSPS) is 32.2. The fraction of sp³-hybridized carbons (Fsp3) is 0.632. The van der Waals surface area contributed by atoms with Crippen molar-refractivity contribution >= 4 is 5.91 Å². The lowest BCUT2D eigenvalue weighted by atomic mass is 9.95. The van der Waals surface area contributed by atoms with E-state index in [-0.39, 0.29) is 11.8 Å². The molecule has 0 radical (unpaired) electrons. The number of carbonyl (C=O) groups excluding carboxylic acids is 1. The summed E-state index contributed by atoms with van der Waals surface area (Å²) < 4.78 is 5.24. The minimum atomic E-state index is 0.166. The molecule has 0 unspecified atom stereocenters. The summed E-state index contributed by atoms with van der Waals surface area (Å²) in [5.74, 6) is 1.32. The third kappa shape index (κ3) is 3.03. The first-order chi connectivity index (χ1) is 11.7. The van der Waals surface area contributed by atoms with Gasteiger partial charge in [-0.05, 0) is 49.9 Å². The zero-order chi connectivity index (χ0) is 16.5. The van der Waals surface area contributed by atoms with Gasteiger partial charge in [0.15, 0.2) is 0 Å². The van der Waals surface area contributed by atoms with Crippen LogP contribution in [0.5, 0.6) is 5.75 Å². The largest absolute Gasteiger partial charge is 0.497 e. The van der Waals surface area contributed by atoms with Crippen molar-refractivity contribution in [3.05, 3.63) is 29.8 Å². The number of amides is 1. The highest BCUT2D eigenvalue weighted by molar-refractivity contribution is 5.79. The number of benzene rings is 1. The number of nitrogens with one attached hydrogen (secondary N) is 2. The lowest BCUT2D eigenvalue weighted by Gasteiger charge is -2.26. The first kappa shape index (κ1) is 15.9. The minimum absolute atomic E-state index is 0.166. The maximum atomic E-state index is 12.4.